The summed E-state index contributed by atoms with van der Waals surface area (Å²) < 4.78 is 28.2. The molecule has 0 aromatic carbocycles. The Labute approximate surface area is 162 Å². The van der Waals surface area contributed by atoms with Gasteiger partial charge in [-0.25, -0.2) is 8.42 Å². The minimum absolute atomic E-state index is 0.0270. The largest absolute Gasteiger partial charge is 0.353 e. The normalized spacial score (nSPS) is 24.0. The number of carbonyl (C=O) groups excluding carboxylic acids is 1. The minimum atomic E-state index is -3.50. The highest BCUT2D eigenvalue weighted by molar-refractivity contribution is 9.11. The maximum Gasteiger partial charge on any atom is 0.252 e. The van der Waals surface area contributed by atoms with Gasteiger partial charge in [0, 0.05) is 19.1 Å². The quantitative estimate of drug-likeness (QED) is 0.712. The van der Waals surface area contributed by atoms with E-state index >= 15 is 0 Å². The lowest BCUT2D eigenvalue weighted by Gasteiger charge is -2.31. The number of hydrogen-bond donors (Lipinski definition) is 1. The second kappa shape index (κ2) is 8.50. The van der Waals surface area contributed by atoms with Gasteiger partial charge in [0.1, 0.15) is 4.21 Å². The fourth-order valence-electron chi connectivity index (χ4n) is 3.68. The summed E-state index contributed by atoms with van der Waals surface area (Å²) in [5.74, 6) is -0.214. The van der Waals surface area contributed by atoms with Crippen LogP contribution < -0.4 is 5.32 Å². The molecule has 1 aromatic heterocycles. The van der Waals surface area contributed by atoms with E-state index in [1.165, 1.54) is 41.3 Å². The zero-order chi connectivity index (χ0) is 17.9. The molecule has 1 aliphatic carbocycles. The molecule has 0 radical (unpaired) electrons. The first kappa shape index (κ1) is 19.3. The van der Waals surface area contributed by atoms with Crippen LogP contribution in [0.3, 0.4) is 0 Å². The van der Waals surface area contributed by atoms with Crippen LogP contribution in [-0.2, 0) is 14.8 Å². The predicted octanol–water partition coefficient (Wildman–Crippen LogP) is 3.75. The molecular weight excluding hydrogens is 424 g/mol. The molecular formula is C17H25BrN2O3S2. The zero-order valence-electron chi connectivity index (χ0n) is 14.2. The van der Waals surface area contributed by atoms with Crippen molar-refractivity contribution < 1.29 is 13.2 Å². The van der Waals surface area contributed by atoms with Crippen molar-refractivity contribution in [3.63, 3.8) is 0 Å². The van der Waals surface area contributed by atoms with Crippen LogP contribution in [0.15, 0.2) is 20.1 Å². The van der Waals surface area contributed by atoms with Crippen molar-refractivity contribution in [3.8, 4) is 0 Å². The average Bonchev–Trinajstić information content (AvgIpc) is 2.89. The summed E-state index contributed by atoms with van der Waals surface area (Å²) in [7, 11) is -3.50. The molecule has 140 valence electrons. The molecule has 0 bridgehead atoms. The molecule has 5 nitrogen and oxygen atoms in total. The number of hydrogen-bond acceptors (Lipinski definition) is 4. The van der Waals surface area contributed by atoms with E-state index in [2.05, 4.69) is 21.2 Å². The molecule has 3 rings (SSSR count). The lowest BCUT2D eigenvalue weighted by molar-refractivity contribution is -0.126. The number of amides is 1. The fraction of sp³-hybridized carbons (Fsp3) is 0.706. The molecule has 1 aliphatic heterocycles. The van der Waals surface area contributed by atoms with Gasteiger partial charge in [-0.1, -0.05) is 25.7 Å². The number of piperidine rings is 1. The van der Waals surface area contributed by atoms with E-state index in [0.29, 0.717) is 10.8 Å². The number of rotatable bonds is 4. The topological polar surface area (TPSA) is 66.5 Å². The van der Waals surface area contributed by atoms with Gasteiger partial charge in [-0.05, 0) is 53.7 Å². The van der Waals surface area contributed by atoms with E-state index in [1.54, 1.807) is 12.1 Å². The van der Waals surface area contributed by atoms with Crippen molar-refractivity contribution in [2.24, 2.45) is 5.92 Å². The molecule has 25 heavy (non-hydrogen) atoms. The van der Waals surface area contributed by atoms with Gasteiger partial charge in [0.15, 0.2) is 0 Å². The summed E-state index contributed by atoms with van der Waals surface area (Å²) in [5, 5.41) is 3.18. The number of carbonyl (C=O) groups is 1. The molecule has 1 atom stereocenters. The molecule has 2 aliphatic rings. The number of sulfonamides is 1. The summed E-state index contributed by atoms with van der Waals surface area (Å²) >= 11 is 4.53. The van der Waals surface area contributed by atoms with Crippen molar-refractivity contribution in [3.05, 3.63) is 15.9 Å². The molecule has 2 fully saturated rings. The van der Waals surface area contributed by atoms with Crippen LogP contribution in [0.25, 0.3) is 0 Å². The van der Waals surface area contributed by atoms with Crippen LogP contribution in [0.4, 0.5) is 0 Å². The van der Waals surface area contributed by atoms with Crippen LogP contribution in [0.5, 0.6) is 0 Å². The second-order valence-electron chi connectivity index (χ2n) is 6.96. The van der Waals surface area contributed by atoms with Gasteiger partial charge in [-0.3, -0.25) is 4.79 Å². The molecule has 1 aromatic rings. The van der Waals surface area contributed by atoms with Crippen LogP contribution in [0, 0.1) is 5.92 Å². The third-order valence-corrected chi connectivity index (χ3v) is 9.06. The second-order valence-corrected chi connectivity index (χ2v) is 11.6. The van der Waals surface area contributed by atoms with E-state index in [0.717, 1.165) is 29.5 Å². The number of nitrogens with one attached hydrogen (secondary N) is 1. The van der Waals surface area contributed by atoms with E-state index in [1.807, 2.05) is 0 Å². The Morgan fingerprint density at radius 1 is 1.12 bits per heavy atom. The Balaban J connectivity index is 1.63. The highest BCUT2D eigenvalue weighted by Crippen LogP contribution is 2.31. The van der Waals surface area contributed by atoms with E-state index in [4.69, 9.17) is 0 Å². The Morgan fingerprint density at radius 2 is 1.84 bits per heavy atom. The fourth-order valence-corrected chi connectivity index (χ4v) is 7.37. The van der Waals surface area contributed by atoms with Crippen molar-refractivity contribution in [1.29, 1.82) is 0 Å². The standard InChI is InChI=1S/C17H25BrN2O3S2/c18-15-9-10-16(24-15)25(22,23)20-11-5-6-13(12-20)17(21)19-14-7-3-1-2-4-8-14/h9-10,13-14H,1-8,11-12H2,(H,19,21). The van der Waals surface area contributed by atoms with Crippen LogP contribution in [0.1, 0.15) is 51.4 Å². The highest BCUT2D eigenvalue weighted by atomic mass is 79.9. The molecule has 1 saturated heterocycles. The number of thiophene rings is 1. The van der Waals surface area contributed by atoms with Crippen LogP contribution in [0.2, 0.25) is 0 Å². The van der Waals surface area contributed by atoms with Crippen LogP contribution in [-0.4, -0.2) is 37.8 Å². The summed E-state index contributed by atoms with van der Waals surface area (Å²) in [5.41, 5.74) is 0. The summed E-state index contributed by atoms with van der Waals surface area (Å²) in [6, 6.07) is 3.63. The SMILES string of the molecule is O=C(NC1CCCCCC1)C1CCCN(S(=O)(=O)c2ccc(Br)s2)C1. The van der Waals surface area contributed by atoms with Gasteiger partial charge in [0.2, 0.25) is 5.91 Å². The maximum absolute atomic E-state index is 12.8. The van der Waals surface area contributed by atoms with Gasteiger partial charge in [-0.2, -0.15) is 4.31 Å². The predicted molar refractivity (Wildman–Crippen MR) is 103 cm³/mol. The summed E-state index contributed by atoms with van der Waals surface area (Å²) in [4.78, 5) is 12.7. The summed E-state index contributed by atoms with van der Waals surface area (Å²) in [6.45, 7) is 0.779. The Hall–Kier alpha value is -0.440. The molecule has 1 saturated carbocycles. The van der Waals surface area contributed by atoms with Gasteiger partial charge in [0.05, 0.1) is 9.70 Å². The maximum atomic E-state index is 12.8. The van der Waals surface area contributed by atoms with Crippen LogP contribution >= 0.6 is 27.3 Å². The monoisotopic (exact) mass is 448 g/mol. The van der Waals surface area contributed by atoms with Gasteiger partial charge < -0.3 is 5.32 Å². The molecule has 0 spiro atoms. The third-order valence-electron chi connectivity index (χ3n) is 5.10. The molecule has 2 heterocycles. The van der Waals surface area contributed by atoms with Gasteiger partial charge >= 0.3 is 0 Å². The van der Waals surface area contributed by atoms with Crippen molar-refractivity contribution in [2.45, 2.75) is 61.6 Å². The molecule has 1 N–H and O–H groups in total. The number of nitrogens with zero attached hydrogens (tertiary/aromatic N) is 1. The van der Waals surface area contributed by atoms with Gasteiger partial charge in [0.25, 0.3) is 10.0 Å². The van der Waals surface area contributed by atoms with Crippen molar-refractivity contribution in [2.75, 3.05) is 13.1 Å². The Morgan fingerprint density at radius 3 is 2.48 bits per heavy atom. The lowest BCUT2D eigenvalue weighted by Crippen LogP contribution is -2.47. The Bertz CT molecular complexity index is 697. The average molecular weight is 449 g/mol. The Kier molecular flexibility index (Phi) is 6.57. The summed E-state index contributed by atoms with van der Waals surface area (Å²) in [6.07, 6.45) is 8.42. The minimum Gasteiger partial charge on any atom is -0.353 e. The molecule has 1 unspecified atom stereocenters. The number of halogens is 1. The lowest BCUT2D eigenvalue weighted by atomic mass is 9.97. The molecule has 8 heteroatoms. The van der Waals surface area contributed by atoms with E-state index in [-0.39, 0.29) is 24.4 Å². The van der Waals surface area contributed by atoms with Gasteiger partial charge in [-0.15, -0.1) is 11.3 Å². The highest BCUT2D eigenvalue weighted by Gasteiger charge is 2.34. The third kappa shape index (κ3) is 4.84. The smallest absolute Gasteiger partial charge is 0.252 e. The first-order chi connectivity index (χ1) is 12.0. The van der Waals surface area contributed by atoms with E-state index < -0.39 is 10.0 Å². The van der Waals surface area contributed by atoms with E-state index in [9.17, 15) is 13.2 Å². The molecule has 1 amide bonds. The first-order valence-electron chi connectivity index (χ1n) is 9.02. The first-order valence-corrected chi connectivity index (χ1v) is 12.1. The zero-order valence-corrected chi connectivity index (χ0v) is 17.5. The van der Waals surface area contributed by atoms with Crippen molar-refractivity contribution in [1.82, 2.24) is 9.62 Å². The van der Waals surface area contributed by atoms with Crippen molar-refractivity contribution >= 4 is 43.2 Å².